The van der Waals surface area contributed by atoms with Gasteiger partial charge in [-0.3, -0.25) is 0 Å². The van der Waals surface area contributed by atoms with E-state index in [9.17, 15) is 8.76 Å². The van der Waals surface area contributed by atoms with E-state index in [2.05, 4.69) is 0 Å². The number of hydrogen-bond acceptors (Lipinski definition) is 5. The first kappa shape index (κ1) is 20.4. The minimum atomic E-state index is -3.59. The van der Waals surface area contributed by atoms with Crippen molar-refractivity contribution in [3.8, 4) is 0 Å². The molecule has 0 amide bonds. The highest BCUT2D eigenvalue weighted by molar-refractivity contribution is 8.29. The molecule has 0 aliphatic carbocycles. The Morgan fingerprint density at radius 3 is 2.08 bits per heavy atom. The van der Waals surface area contributed by atoms with E-state index in [0.29, 0.717) is 36.8 Å². The predicted octanol–water partition coefficient (Wildman–Crippen LogP) is 3.55. The van der Waals surface area contributed by atoms with Gasteiger partial charge in [0, 0.05) is 42.4 Å². The van der Waals surface area contributed by atoms with Crippen LogP contribution >= 0.6 is 0 Å². The summed E-state index contributed by atoms with van der Waals surface area (Å²) in [7, 11) is -6.61. The molecule has 0 radical (unpaired) electrons. The number of fused-ring (bicyclic) bond motifs is 1. The van der Waals surface area contributed by atoms with Crippen LogP contribution in [-0.4, -0.2) is 37.4 Å². The van der Waals surface area contributed by atoms with Crippen LogP contribution in [0.4, 0.5) is 0 Å². The number of hydrogen-bond donors (Lipinski definition) is 1. The van der Waals surface area contributed by atoms with Crippen molar-refractivity contribution in [2.45, 2.75) is 31.7 Å². The quantitative estimate of drug-likeness (QED) is 0.650. The zero-order chi connectivity index (χ0) is 18.5. The molecule has 2 rings (SSSR count). The van der Waals surface area contributed by atoms with Gasteiger partial charge in [0.15, 0.2) is 8.77 Å². The van der Waals surface area contributed by atoms with Gasteiger partial charge in [-0.05, 0) is 31.7 Å². The van der Waals surface area contributed by atoms with Crippen LogP contribution in [0.5, 0.6) is 0 Å². The fraction of sp³-hybridized carbons (Fsp3) is 0.412. The molecular formula is C17H24O5S2Si. The molecule has 0 aliphatic heterocycles. The monoisotopic (exact) mass is 400 g/mol. The molecule has 1 N–H and O–H groups in total. The lowest BCUT2D eigenvalue weighted by Crippen LogP contribution is -2.49. The molecule has 1 unspecified atom stereocenters. The van der Waals surface area contributed by atoms with E-state index in [-0.39, 0.29) is 4.90 Å². The van der Waals surface area contributed by atoms with E-state index in [1.807, 2.05) is 57.2 Å². The molecule has 138 valence electrons. The molecule has 0 fully saturated rings. The molecule has 0 bridgehead atoms. The van der Waals surface area contributed by atoms with Gasteiger partial charge in [0.05, 0.1) is 4.90 Å². The lowest BCUT2D eigenvalue weighted by Gasteiger charge is -2.29. The van der Waals surface area contributed by atoms with Gasteiger partial charge in [0.1, 0.15) is 0 Å². The lowest BCUT2D eigenvalue weighted by atomic mass is 10.1. The van der Waals surface area contributed by atoms with Gasteiger partial charge in [-0.2, -0.15) is 0 Å². The third-order valence-corrected chi connectivity index (χ3v) is 8.22. The van der Waals surface area contributed by atoms with E-state index in [1.54, 1.807) is 0 Å². The molecule has 1 atom stereocenters. The molecule has 0 spiro atoms. The van der Waals surface area contributed by atoms with Crippen molar-refractivity contribution < 1.29 is 22.0 Å². The molecule has 0 saturated carbocycles. The smallest absolute Gasteiger partial charge is 0.374 e. The number of benzene rings is 2. The summed E-state index contributed by atoms with van der Waals surface area (Å²) >= 11 is 4.93. The zero-order valence-corrected chi connectivity index (χ0v) is 17.3. The van der Waals surface area contributed by atoms with Gasteiger partial charge in [-0.1, -0.05) is 36.4 Å². The summed E-state index contributed by atoms with van der Waals surface area (Å²) in [5.41, 5.74) is 0.642. The van der Waals surface area contributed by atoms with Crippen molar-refractivity contribution in [1.82, 2.24) is 0 Å². The highest BCUT2D eigenvalue weighted by Gasteiger charge is 2.42. The molecule has 2 aromatic rings. The van der Waals surface area contributed by atoms with E-state index in [4.69, 9.17) is 24.5 Å². The molecule has 2 aromatic carbocycles. The average molecular weight is 401 g/mol. The Balaban J connectivity index is 2.62. The first-order chi connectivity index (χ1) is 11.9. The van der Waals surface area contributed by atoms with Crippen LogP contribution < -0.4 is 0 Å². The fourth-order valence-electron chi connectivity index (χ4n) is 2.90. The molecule has 0 aromatic heterocycles. The maximum atomic E-state index is 12.4. The van der Waals surface area contributed by atoms with Crippen molar-refractivity contribution >= 4 is 39.5 Å². The van der Waals surface area contributed by atoms with Gasteiger partial charge < -0.3 is 17.8 Å². The van der Waals surface area contributed by atoms with Gasteiger partial charge in [0.25, 0.3) is 0 Å². The Morgan fingerprint density at radius 1 is 1.00 bits per heavy atom. The first-order valence-electron chi connectivity index (χ1n) is 8.26. The average Bonchev–Trinajstić information content (AvgIpc) is 2.54. The van der Waals surface area contributed by atoms with Crippen LogP contribution in [0.15, 0.2) is 41.3 Å². The summed E-state index contributed by atoms with van der Waals surface area (Å²) in [5, 5.41) is 1.54. The summed E-state index contributed by atoms with van der Waals surface area (Å²) in [6.07, 6.45) is 0. The second-order valence-corrected chi connectivity index (χ2v) is 10.7. The fourth-order valence-corrected chi connectivity index (χ4v) is 7.19. The third kappa shape index (κ3) is 4.85. The largest absolute Gasteiger partial charge is 0.505 e. The van der Waals surface area contributed by atoms with Crippen molar-refractivity contribution in [2.24, 2.45) is 0 Å². The van der Waals surface area contributed by atoms with Gasteiger partial charge in [0.2, 0.25) is 0 Å². The summed E-state index contributed by atoms with van der Waals surface area (Å²) in [5.74, 6) is 0. The van der Waals surface area contributed by atoms with Crippen molar-refractivity contribution in [3.63, 3.8) is 0 Å². The molecule has 25 heavy (non-hydrogen) atoms. The molecule has 0 aliphatic rings. The summed E-state index contributed by atoms with van der Waals surface area (Å²) in [6, 6.07) is 11.4. The predicted molar refractivity (Wildman–Crippen MR) is 105 cm³/mol. The Bertz CT molecular complexity index is 806. The Hall–Kier alpha value is -0.873. The second kappa shape index (κ2) is 8.68. The highest BCUT2D eigenvalue weighted by atomic mass is 32.8. The summed E-state index contributed by atoms with van der Waals surface area (Å²) < 4.78 is 40.3. The van der Waals surface area contributed by atoms with E-state index in [1.165, 1.54) is 0 Å². The topological polar surface area (TPSA) is 65.0 Å². The Kier molecular flexibility index (Phi) is 7.09. The summed E-state index contributed by atoms with van der Waals surface area (Å²) in [6.45, 7) is 6.96. The molecular weight excluding hydrogens is 376 g/mol. The van der Waals surface area contributed by atoms with Crippen LogP contribution in [0, 0.1) is 0 Å². The normalized spacial score (nSPS) is 14.6. The Morgan fingerprint density at radius 2 is 1.56 bits per heavy atom. The van der Waals surface area contributed by atoms with Gasteiger partial charge >= 0.3 is 8.80 Å². The zero-order valence-electron chi connectivity index (χ0n) is 14.7. The summed E-state index contributed by atoms with van der Waals surface area (Å²) in [4.78, 5) is 0.261. The minimum Gasteiger partial charge on any atom is -0.374 e. The van der Waals surface area contributed by atoms with Crippen LogP contribution in [0.3, 0.4) is 0 Å². The Labute approximate surface area is 155 Å². The van der Waals surface area contributed by atoms with Gasteiger partial charge in [-0.25, -0.2) is 4.21 Å². The van der Waals surface area contributed by atoms with Crippen molar-refractivity contribution in [3.05, 3.63) is 42.0 Å². The van der Waals surface area contributed by atoms with Crippen LogP contribution in [0.1, 0.15) is 26.3 Å². The van der Waals surface area contributed by atoms with Crippen molar-refractivity contribution in [1.29, 1.82) is 0 Å². The maximum absolute atomic E-state index is 12.4. The maximum Gasteiger partial charge on any atom is 0.505 e. The molecule has 0 heterocycles. The van der Waals surface area contributed by atoms with E-state index < -0.39 is 17.6 Å². The molecule has 8 heteroatoms. The first-order valence-corrected chi connectivity index (χ1v) is 12.6. The number of rotatable bonds is 9. The third-order valence-electron chi connectivity index (χ3n) is 3.72. The minimum absolute atomic E-state index is 0.261. The second-order valence-electron chi connectivity index (χ2n) is 5.41. The standard InChI is InChI=1S/C17H24O5S2Si/c1-4-20-25(21-5-2,22-6-3)13-15-12-11-14-9-7-8-10-16(14)17(15)24(18,19)23/h7-12H,4-6,13H2,1-3H3,(H,18,19,23). The lowest BCUT2D eigenvalue weighted by molar-refractivity contribution is 0.0702. The van der Waals surface area contributed by atoms with Crippen LogP contribution in [0.25, 0.3) is 10.8 Å². The SMILES string of the molecule is CCO[Si](Cc1ccc2ccccc2c1S(=O)(O)=S)(OCC)OCC. The van der Waals surface area contributed by atoms with Crippen LogP contribution in [-0.2, 0) is 39.3 Å². The van der Waals surface area contributed by atoms with E-state index >= 15 is 0 Å². The molecule has 0 saturated heterocycles. The van der Waals surface area contributed by atoms with Crippen molar-refractivity contribution in [2.75, 3.05) is 19.8 Å². The van der Waals surface area contributed by atoms with Gasteiger partial charge in [-0.15, -0.1) is 0 Å². The van der Waals surface area contributed by atoms with Crippen LogP contribution in [0.2, 0.25) is 0 Å². The highest BCUT2D eigenvalue weighted by Crippen LogP contribution is 2.30. The van der Waals surface area contributed by atoms with E-state index in [0.717, 1.165) is 5.39 Å². The molecule has 5 nitrogen and oxygen atoms in total.